The standard InChI is InChI=1S/C31H39N3O4S/c1-20-12-13-21(2)23(18-20)33-28(37)26-31-15-14-30(3,39-31)24(27(36)32-19-22-10-6-4-7-11-22)25(31)29(38)34(26)16-8-5-9-17-35/h4,6-7,10-13,18,24-26,35H,5,8-9,14-17,19H2,1-3H3,(H,32,36)(H,33,37)/t24-,25-,26?,30+,31?/m0/s1. The minimum atomic E-state index is -0.650. The number of aliphatic hydroxyl groups excluding tert-OH is 1. The number of hydrogen-bond donors (Lipinski definition) is 3. The topological polar surface area (TPSA) is 98.7 Å². The van der Waals surface area contributed by atoms with Gasteiger partial charge in [0, 0.05) is 30.1 Å². The summed E-state index contributed by atoms with van der Waals surface area (Å²) < 4.78 is -1.04. The summed E-state index contributed by atoms with van der Waals surface area (Å²) in [6, 6.07) is 15.1. The first kappa shape index (κ1) is 27.7. The Balaban J connectivity index is 1.44. The second-order valence-electron chi connectivity index (χ2n) is 11.6. The Morgan fingerprint density at radius 3 is 2.56 bits per heavy atom. The van der Waals surface area contributed by atoms with Gasteiger partial charge >= 0.3 is 0 Å². The monoisotopic (exact) mass is 549 g/mol. The highest BCUT2D eigenvalue weighted by Crippen LogP contribution is 2.71. The first-order valence-electron chi connectivity index (χ1n) is 14.0. The lowest BCUT2D eigenvalue weighted by Gasteiger charge is -2.35. The number of benzene rings is 2. The van der Waals surface area contributed by atoms with Crippen LogP contribution in [0.3, 0.4) is 0 Å². The lowest BCUT2D eigenvalue weighted by Crippen LogP contribution is -2.52. The van der Waals surface area contributed by atoms with E-state index in [0.29, 0.717) is 25.9 Å². The Kier molecular flexibility index (Phi) is 7.80. The van der Waals surface area contributed by atoms with Crippen molar-refractivity contribution >= 4 is 35.2 Å². The quantitative estimate of drug-likeness (QED) is 0.386. The maximum Gasteiger partial charge on any atom is 0.248 e. The fourth-order valence-corrected chi connectivity index (χ4v) is 9.26. The molecule has 39 heavy (non-hydrogen) atoms. The molecule has 3 aliphatic rings. The number of rotatable bonds is 10. The van der Waals surface area contributed by atoms with Gasteiger partial charge in [0.15, 0.2) is 0 Å². The number of anilines is 1. The number of aliphatic hydroxyl groups is 1. The highest BCUT2D eigenvalue weighted by molar-refractivity contribution is 8.02. The van der Waals surface area contributed by atoms with Crippen molar-refractivity contribution in [2.24, 2.45) is 11.8 Å². The van der Waals surface area contributed by atoms with E-state index in [0.717, 1.165) is 41.6 Å². The number of fused-ring (bicyclic) bond motifs is 1. The molecule has 5 atom stereocenters. The van der Waals surface area contributed by atoms with Crippen molar-refractivity contribution < 1.29 is 19.5 Å². The van der Waals surface area contributed by atoms with Crippen molar-refractivity contribution in [1.29, 1.82) is 0 Å². The van der Waals surface area contributed by atoms with Crippen LogP contribution < -0.4 is 10.6 Å². The largest absolute Gasteiger partial charge is 0.396 e. The third-order valence-corrected chi connectivity index (χ3v) is 10.8. The third kappa shape index (κ3) is 4.97. The van der Waals surface area contributed by atoms with Crippen LogP contribution in [0.15, 0.2) is 48.5 Å². The van der Waals surface area contributed by atoms with Crippen LogP contribution >= 0.6 is 11.8 Å². The van der Waals surface area contributed by atoms with Crippen molar-refractivity contribution in [3.63, 3.8) is 0 Å². The molecular formula is C31H39N3O4S. The van der Waals surface area contributed by atoms with E-state index >= 15 is 0 Å². The molecule has 208 valence electrons. The smallest absolute Gasteiger partial charge is 0.248 e. The molecule has 0 aromatic heterocycles. The van der Waals surface area contributed by atoms with Crippen LogP contribution in [-0.4, -0.2) is 56.4 Å². The lowest BCUT2D eigenvalue weighted by atomic mass is 9.66. The molecule has 5 rings (SSSR count). The number of nitrogens with zero attached hydrogens (tertiary/aromatic N) is 1. The van der Waals surface area contributed by atoms with Crippen LogP contribution in [0.4, 0.5) is 5.69 Å². The summed E-state index contributed by atoms with van der Waals surface area (Å²) in [5, 5.41) is 15.5. The fourth-order valence-electron chi connectivity index (χ4n) is 6.90. The Morgan fingerprint density at radius 2 is 1.82 bits per heavy atom. The Bertz CT molecular complexity index is 1250. The molecule has 3 saturated heterocycles. The summed E-state index contributed by atoms with van der Waals surface area (Å²) in [5.41, 5.74) is 3.79. The van der Waals surface area contributed by atoms with Gasteiger partial charge in [0.25, 0.3) is 0 Å². The first-order chi connectivity index (χ1) is 18.7. The molecular weight excluding hydrogens is 510 g/mol. The summed E-state index contributed by atoms with van der Waals surface area (Å²) in [7, 11) is 0. The highest BCUT2D eigenvalue weighted by Gasteiger charge is 2.77. The molecule has 3 heterocycles. The van der Waals surface area contributed by atoms with Gasteiger partial charge in [0.2, 0.25) is 17.7 Å². The van der Waals surface area contributed by atoms with Gasteiger partial charge in [0.1, 0.15) is 6.04 Å². The Labute approximate surface area is 235 Å². The van der Waals surface area contributed by atoms with Crippen LogP contribution in [0.5, 0.6) is 0 Å². The van der Waals surface area contributed by atoms with E-state index in [2.05, 4.69) is 17.6 Å². The molecule has 0 aliphatic carbocycles. The second kappa shape index (κ2) is 11.0. The summed E-state index contributed by atoms with van der Waals surface area (Å²) in [4.78, 5) is 43.7. The maximum atomic E-state index is 14.2. The first-order valence-corrected chi connectivity index (χ1v) is 14.8. The fraction of sp³-hybridized carbons (Fsp3) is 0.516. The second-order valence-corrected chi connectivity index (χ2v) is 13.5. The van der Waals surface area contributed by atoms with Crippen molar-refractivity contribution in [3.8, 4) is 0 Å². The SMILES string of the molecule is Cc1ccc(C)c(NC(=O)C2N(CCCCCO)C(=O)[C@@H]3[C@@H](C(=O)NCc4ccccc4)[C@@]4(C)CCC23S4)c1. The molecule has 2 aromatic rings. The van der Waals surface area contributed by atoms with E-state index in [1.165, 1.54) is 0 Å². The minimum Gasteiger partial charge on any atom is -0.396 e. The molecule has 3 amide bonds. The number of aryl methyl sites for hydroxylation is 2. The van der Waals surface area contributed by atoms with Crippen molar-refractivity contribution in [2.75, 3.05) is 18.5 Å². The van der Waals surface area contributed by atoms with Gasteiger partial charge in [-0.25, -0.2) is 0 Å². The molecule has 8 heteroatoms. The van der Waals surface area contributed by atoms with Gasteiger partial charge in [-0.05, 0) is 75.6 Å². The van der Waals surface area contributed by atoms with E-state index in [-0.39, 0.29) is 24.3 Å². The van der Waals surface area contributed by atoms with E-state index < -0.39 is 27.4 Å². The summed E-state index contributed by atoms with van der Waals surface area (Å²) in [5.74, 6) is -1.40. The van der Waals surface area contributed by atoms with Crippen LogP contribution in [0.2, 0.25) is 0 Å². The van der Waals surface area contributed by atoms with Crippen LogP contribution in [0.1, 0.15) is 55.7 Å². The molecule has 7 nitrogen and oxygen atoms in total. The number of likely N-dealkylation sites (tertiary alicyclic amines) is 1. The molecule has 3 aliphatic heterocycles. The molecule has 2 aromatic carbocycles. The van der Waals surface area contributed by atoms with Gasteiger partial charge in [0.05, 0.1) is 16.6 Å². The van der Waals surface area contributed by atoms with Gasteiger partial charge in [-0.2, -0.15) is 0 Å². The van der Waals surface area contributed by atoms with Gasteiger partial charge < -0.3 is 20.6 Å². The zero-order valence-electron chi connectivity index (χ0n) is 23.0. The van der Waals surface area contributed by atoms with Crippen molar-refractivity contribution in [2.45, 2.75) is 75.0 Å². The maximum absolute atomic E-state index is 14.2. The average Bonchev–Trinajstić information content (AvgIpc) is 3.48. The van der Waals surface area contributed by atoms with Gasteiger partial charge in [-0.3, -0.25) is 14.4 Å². The highest BCUT2D eigenvalue weighted by atomic mass is 32.2. The molecule has 2 unspecified atom stereocenters. The zero-order valence-corrected chi connectivity index (χ0v) is 23.9. The molecule has 3 fully saturated rings. The van der Waals surface area contributed by atoms with Gasteiger partial charge in [-0.15, -0.1) is 11.8 Å². The van der Waals surface area contributed by atoms with Crippen molar-refractivity contribution in [3.05, 3.63) is 65.2 Å². The van der Waals surface area contributed by atoms with Gasteiger partial charge in [-0.1, -0.05) is 42.5 Å². The van der Waals surface area contributed by atoms with Crippen molar-refractivity contribution in [1.82, 2.24) is 10.2 Å². The zero-order chi connectivity index (χ0) is 27.8. The summed E-state index contributed by atoms with van der Waals surface area (Å²) >= 11 is 1.69. The average molecular weight is 550 g/mol. The minimum absolute atomic E-state index is 0.0871. The predicted molar refractivity (Wildman–Crippen MR) is 154 cm³/mol. The molecule has 1 spiro atoms. The van der Waals surface area contributed by atoms with Crippen LogP contribution in [0.25, 0.3) is 0 Å². The van der Waals surface area contributed by atoms with E-state index in [4.69, 9.17) is 0 Å². The van der Waals surface area contributed by atoms with E-state index in [9.17, 15) is 19.5 Å². The number of amides is 3. The van der Waals surface area contributed by atoms with Crippen LogP contribution in [0, 0.1) is 25.7 Å². The predicted octanol–water partition coefficient (Wildman–Crippen LogP) is 4.20. The lowest BCUT2D eigenvalue weighted by molar-refractivity contribution is -0.140. The number of carbonyl (C=O) groups is 3. The summed E-state index contributed by atoms with van der Waals surface area (Å²) in [6.45, 7) is 7.01. The molecule has 0 saturated carbocycles. The Morgan fingerprint density at radius 1 is 1.05 bits per heavy atom. The third-order valence-electron chi connectivity index (χ3n) is 8.83. The summed E-state index contributed by atoms with van der Waals surface area (Å²) in [6.07, 6.45) is 3.65. The number of nitrogens with one attached hydrogen (secondary N) is 2. The van der Waals surface area contributed by atoms with E-state index in [1.807, 2.05) is 62.4 Å². The molecule has 2 bridgehead atoms. The number of thioether (sulfide) groups is 1. The number of hydrogen-bond acceptors (Lipinski definition) is 5. The van der Waals surface area contributed by atoms with E-state index in [1.54, 1.807) is 16.7 Å². The number of unbranched alkanes of at least 4 members (excludes halogenated alkanes) is 2. The molecule has 0 radical (unpaired) electrons. The van der Waals surface area contributed by atoms with Crippen LogP contribution in [-0.2, 0) is 20.9 Å². The molecule has 3 N–H and O–H groups in total. The normalized spacial score (nSPS) is 29.0. The Hall–Kier alpha value is -2.84. The number of carbonyl (C=O) groups excluding carboxylic acids is 3.